The van der Waals surface area contributed by atoms with Crippen molar-refractivity contribution in [1.82, 2.24) is 0 Å². The van der Waals surface area contributed by atoms with Crippen molar-refractivity contribution >= 4 is 17.3 Å². The zero-order valence-corrected chi connectivity index (χ0v) is 12.8. The molecule has 3 nitrogen and oxygen atoms in total. The maximum absolute atomic E-state index is 12.4. The smallest absolute Gasteiger partial charge is 0.227 e. The van der Waals surface area contributed by atoms with Crippen molar-refractivity contribution in [3.05, 3.63) is 24.3 Å². The molecular weight excluding hydrogens is 260 g/mol. The molecule has 1 N–H and O–H groups in total. The first-order chi connectivity index (χ1) is 10.3. The van der Waals surface area contributed by atoms with Crippen molar-refractivity contribution in [2.45, 2.75) is 51.4 Å². The average molecular weight is 286 g/mol. The average Bonchev–Trinajstić information content (AvgIpc) is 2.91. The Bertz CT molecular complexity index is 472. The lowest BCUT2D eigenvalue weighted by atomic mass is 10.1. The molecule has 0 spiro atoms. The monoisotopic (exact) mass is 286 g/mol. The Morgan fingerprint density at radius 2 is 1.62 bits per heavy atom. The third-order valence-corrected chi connectivity index (χ3v) is 4.83. The van der Waals surface area contributed by atoms with Crippen LogP contribution in [0.1, 0.15) is 51.4 Å². The van der Waals surface area contributed by atoms with Gasteiger partial charge in [0.15, 0.2) is 0 Å². The van der Waals surface area contributed by atoms with Crippen molar-refractivity contribution in [2.75, 3.05) is 23.3 Å². The Hall–Kier alpha value is -1.51. The molecule has 1 aliphatic carbocycles. The summed E-state index contributed by atoms with van der Waals surface area (Å²) in [5.41, 5.74) is 2.20. The second-order valence-corrected chi connectivity index (χ2v) is 6.39. The summed E-state index contributed by atoms with van der Waals surface area (Å²) in [4.78, 5) is 14.8. The van der Waals surface area contributed by atoms with Gasteiger partial charge < -0.3 is 10.2 Å². The molecule has 21 heavy (non-hydrogen) atoms. The van der Waals surface area contributed by atoms with Crippen LogP contribution >= 0.6 is 0 Å². The number of para-hydroxylation sites is 2. The predicted molar refractivity (Wildman–Crippen MR) is 87.7 cm³/mol. The number of hydrogen-bond acceptors (Lipinski definition) is 2. The van der Waals surface area contributed by atoms with Gasteiger partial charge in [-0.2, -0.15) is 0 Å². The zero-order chi connectivity index (χ0) is 14.5. The third kappa shape index (κ3) is 3.58. The maximum atomic E-state index is 12.4. The van der Waals surface area contributed by atoms with Gasteiger partial charge in [-0.15, -0.1) is 0 Å². The molecule has 1 saturated carbocycles. The first kappa shape index (κ1) is 14.4. The van der Waals surface area contributed by atoms with Crippen LogP contribution in [0.5, 0.6) is 0 Å². The molecule has 2 fully saturated rings. The number of anilines is 2. The number of hydrogen-bond donors (Lipinski definition) is 1. The quantitative estimate of drug-likeness (QED) is 0.903. The lowest BCUT2D eigenvalue weighted by Gasteiger charge is -2.26. The van der Waals surface area contributed by atoms with Gasteiger partial charge in [-0.25, -0.2) is 0 Å². The number of carbonyl (C=O) groups excluding carboxylic acids is 1. The Kier molecular flexibility index (Phi) is 4.79. The number of rotatable bonds is 3. The van der Waals surface area contributed by atoms with Gasteiger partial charge in [0.2, 0.25) is 5.91 Å². The van der Waals surface area contributed by atoms with Gasteiger partial charge in [0.1, 0.15) is 0 Å². The van der Waals surface area contributed by atoms with Crippen molar-refractivity contribution in [3.8, 4) is 0 Å². The van der Waals surface area contributed by atoms with Crippen LogP contribution < -0.4 is 10.2 Å². The molecule has 0 atom stereocenters. The molecule has 0 aromatic heterocycles. The van der Waals surface area contributed by atoms with Crippen LogP contribution in [-0.4, -0.2) is 19.0 Å². The van der Waals surface area contributed by atoms with Crippen LogP contribution in [-0.2, 0) is 4.79 Å². The largest absolute Gasteiger partial charge is 0.370 e. The molecule has 0 bridgehead atoms. The number of carbonyl (C=O) groups is 1. The van der Waals surface area contributed by atoms with Crippen LogP contribution in [0.25, 0.3) is 0 Å². The van der Waals surface area contributed by atoms with E-state index in [-0.39, 0.29) is 11.8 Å². The van der Waals surface area contributed by atoms with Crippen molar-refractivity contribution in [3.63, 3.8) is 0 Å². The van der Waals surface area contributed by atoms with E-state index in [9.17, 15) is 4.79 Å². The molecule has 1 saturated heterocycles. The minimum absolute atomic E-state index is 0.217. The van der Waals surface area contributed by atoms with Gasteiger partial charge in [-0.3, -0.25) is 4.79 Å². The minimum Gasteiger partial charge on any atom is -0.370 e. The van der Waals surface area contributed by atoms with Crippen molar-refractivity contribution < 1.29 is 4.79 Å². The predicted octanol–water partition coefficient (Wildman–Crippen LogP) is 4.20. The zero-order valence-electron chi connectivity index (χ0n) is 12.8. The highest BCUT2D eigenvalue weighted by molar-refractivity contribution is 5.96. The van der Waals surface area contributed by atoms with E-state index in [1.165, 1.54) is 44.2 Å². The molecule has 3 rings (SSSR count). The van der Waals surface area contributed by atoms with Gasteiger partial charge in [0, 0.05) is 19.0 Å². The molecule has 3 heteroatoms. The van der Waals surface area contributed by atoms with E-state index in [1.54, 1.807) is 0 Å². The molecule has 1 aromatic carbocycles. The molecule has 1 aliphatic heterocycles. The number of amides is 1. The van der Waals surface area contributed by atoms with E-state index in [0.29, 0.717) is 0 Å². The Balaban J connectivity index is 1.73. The van der Waals surface area contributed by atoms with Gasteiger partial charge in [0.25, 0.3) is 0 Å². The normalized spacial score (nSPS) is 20.3. The lowest BCUT2D eigenvalue weighted by molar-refractivity contribution is -0.119. The summed E-state index contributed by atoms with van der Waals surface area (Å²) in [5.74, 6) is 0.442. The van der Waals surface area contributed by atoms with Crippen LogP contribution in [0.15, 0.2) is 24.3 Å². The molecule has 2 aliphatic rings. The van der Waals surface area contributed by atoms with Crippen LogP contribution in [0.3, 0.4) is 0 Å². The third-order valence-electron chi connectivity index (χ3n) is 4.83. The highest BCUT2D eigenvalue weighted by Gasteiger charge is 2.23. The topological polar surface area (TPSA) is 32.3 Å². The fourth-order valence-electron chi connectivity index (χ4n) is 3.59. The second kappa shape index (κ2) is 6.97. The van der Waals surface area contributed by atoms with E-state index in [4.69, 9.17) is 0 Å². The summed E-state index contributed by atoms with van der Waals surface area (Å²) >= 11 is 0. The van der Waals surface area contributed by atoms with Crippen molar-refractivity contribution in [2.24, 2.45) is 5.92 Å². The summed E-state index contributed by atoms with van der Waals surface area (Å²) < 4.78 is 0. The minimum atomic E-state index is 0.217. The highest BCUT2D eigenvalue weighted by Crippen LogP contribution is 2.30. The SMILES string of the molecule is O=C(Nc1ccccc1N1CCCCCC1)C1CCCC1. The molecule has 0 radical (unpaired) electrons. The van der Waals surface area contributed by atoms with Gasteiger partial charge >= 0.3 is 0 Å². The summed E-state index contributed by atoms with van der Waals surface area (Å²) in [6, 6.07) is 8.29. The number of nitrogens with one attached hydrogen (secondary N) is 1. The van der Waals surface area contributed by atoms with Crippen molar-refractivity contribution in [1.29, 1.82) is 0 Å². The highest BCUT2D eigenvalue weighted by atomic mass is 16.1. The number of benzene rings is 1. The molecule has 1 aromatic rings. The van der Waals surface area contributed by atoms with E-state index in [1.807, 2.05) is 12.1 Å². The molecule has 1 heterocycles. The van der Waals surface area contributed by atoms with Gasteiger partial charge in [-0.05, 0) is 37.8 Å². The standard InChI is InChI=1S/C18H26N2O/c21-18(15-9-3-4-10-15)19-16-11-5-6-12-17(16)20-13-7-1-2-8-14-20/h5-6,11-12,15H,1-4,7-10,13-14H2,(H,19,21). The van der Waals surface area contributed by atoms with Crippen LogP contribution in [0.2, 0.25) is 0 Å². The van der Waals surface area contributed by atoms with Crippen LogP contribution in [0.4, 0.5) is 11.4 Å². The van der Waals surface area contributed by atoms with Gasteiger partial charge in [0.05, 0.1) is 11.4 Å². The Morgan fingerprint density at radius 1 is 0.952 bits per heavy atom. The van der Waals surface area contributed by atoms with Gasteiger partial charge in [-0.1, -0.05) is 37.8 Å². The summed E-state index contributed by atoms with van der Waals surface area (Å²) in [6.45, 7) is 2.21. The van der Waals surface area contributed by atoms with E-state index < -0.39 is 0 Å². The first-order valence-corrected chi connectivity index (χ1v) is 8.49. The fraction of sp³-hybridized carbons (Fsp3) is 0.611. The Morgan fingerprint density at radius 3 is 2.33 bits per heavy atom. The molecule has 1 amide bonds. The summed E-state index contributed by atoms with van der Waals surface area (Å²) in [6.07, 6.45) is 9.67. The first-order valence-electron chi connectivity index (χ1n) is 8.49. The number of nitrogens with zero attached hydrogens (tertiary/aromatic N) is 1. The van der Waals surface area contributed by atoms with E-state index >= 15 is 0 Å². The second-order valence-electron chi connectivity index (χ2n) is 6.39. The van der Waals surface area contributed by atoms with E-state index in [0.717, 1.165) is 31.6 Å². The molecular formula is C18H26N2O. The fourth-order valence-corrected chi connectivity index (χ4v) is 3.59. The maximum Gasteiger partial charge on any atom is 0.227 e. The molecule has 0 unspecified atom stereocenters. The lowest BCUT2D eigenvalue weighted by Crippen LogP contribution is -2.27. The molecule has 114 valence electrons. The Labute approximate surface area is 127 Å². The van der Waals surface area contributed by atoms with Crippen LogP contribution in [0, 0.1) is 5.92 Å². The summed E-state index contributed by atoms with van der Waals surface area (Å²) in [5, 5.41) is 3.19. The van der Waals surface area contributed by atoms with E-state index in [2.05, 4.69) is 22.3 Å². The summed E-state index contributed by atoms with van der Waals surface area (Å²) in [7, 11) is 0.